The highest BCUT2D eigenvalue weighted by atomic mass is 16.5. The second-order valence-electron chi connectivity index (χ2n) is 7.19. The van der Waals surface area contributed by atoms with Gasteiger partial charge in [-0.2, -0.15) is 0 Å². The molecule has 0 heterocycles. The van der Waals surface area contributed by atoms with Gasteiger partial charge in [-0.25, -0.2) is 0 Å². The van der Waals surface area contributed by atoms with E-state index in [0.717, 1.165) is 30.8 Å². The lowest BCUT2D eigenvalue weighted by molar-refractivity contribution is 0.0657. The Hall–Kier alpha value is -2.62. The number of ether oxygens (including phenoxy) is 1. The van der Waals surface area contributed by atoms with Gasteiger partial charge in [0, 0.05) is 19.6 Å². The van der Waals surface area contributed by atoms with Gasteiger partial charge < -0.3 is 9.84 Å². The second-order valence-corrected chi connectivity index (χ2v) is 7.19. The molecule has 0 radical (unpaired) electrons. The van der Waals surface area contributed by atoms with Gasteiger partial charge in [-0.15, -0.1) is 0 Å². The minimum Gasteiger partial charge on any atom is -0.491 e. The van der Waals surface area contributed by atoms with E-state index in [1.165, 1.54) is 11.1 Å². The normalized spacial score (nSPS) is 12.1. The van der Waals surface area contributed by atoms with E-state index in [-0.39, 0.29) is 0 Å². The molecule has 0 fully saturated rings. The van der Waals surface area contributed by atoms with Crippen molar-refractivity contribution in [3.63, 3.8) is 0 Å². The molecule has 0 aromatic heterocycles. The first-order chi connectivity index (χ1) is 13.7. The molecule has 3 nitrogen and oxygen atoms in total. The van der Waals surface area contributed by atoms with Crippen LogP contribution in [0.25, 0.3) is 0 Å². The molecule has 0 aliphatic rings. The summed E-state index contributed by atoms with van der Waals surface area (Å²) < 4.78 is 5.84. The Morgan fingerprint density at radius 2 is 1.43 bits per heavy atom. The van der Waals surface area contributed by atoms with Crippen molar-refractivity contribution in [1.82, 2.24) is 4.90 Å². The Bertz CT molecular complexity index is 820. The van der Waals surface area contributed by atoms with Crippen LogP contribution in [0.1, 0.15) is 16.7 Å². The number of rotatable bonds is 10. The summed E-state index contributed by atoms with van der Waals surface area (Å²) in [7, 11) is 0. The second kappa shape index (κ2) is 10.6. The largest absolute Gasteiger partial charge is 0.491 e. The lowest BCUT2D eigenvalue weighted by atomic mass is 10.1. The van der Waals surface area contributed by atoms with Crippen molar-refractivity contribution in [1.29, 1.82) is 0 Å². The van der Waals surface area contributed by atoms with Gasteiger partial charge in [-0.05, 0) is 36.1 Å². The average Bonchev–Trinajstić information content (AvgIpc) is 2.73. The summed E-state index contributed by atoms with van der Waals surface area (Å²) in [5.74, 6) is 0.834. The molecule has 3 aromatic carbocycles. The van der Waals surface area contributed by atoms with Gasteiger partial charge in [0.05, 0.1) is 0 Å². The Kier molecular flexibility index (Phi) is 7.65. The number of aryl methyl sites for hydroxylation is 1. The number of aliphatic hydroxyl groups is 1. The minimum atomic E-state index is -0.543. The van der Waals surface area contributed by atoms with E-state index in [9.17, 15) is 5.11 Å². The maximum atomic E-state index is 10.6. The van der Waals surface area contributed by atoms with Crippen LogP contribution >= 0.6 is 0 Å². The summed E-state index contributed by atoms with van der Waals surface area (Å²) in [5, 5.41) is 10.6. The fourth-order valence-corrected chi connectivity index (χ4v) is 3.26. The number of nitrogens with zero attached hydrogens (tertiary/aromatic N) is 1. The average molecular weight is 376 g/mol. The smallest absolute Gasteiger partial charge is 0.122 e. The van der Waals surface area contributed by atoms with Crippen LogP contribution in [0.3, 0.4) is 0 Å². The van der Waals surface area contributed by atoms with Crippen molar-refractivity contribution in [3.05, 3.63) is 102 Å². The van der Waals surface area contributed by atoms with E-state index in [2.05, 4.69) is 53.4 Å². The van der Waals surface area contributed by atoms with Gasteiger partial charge in [0.1, 0.15) is 18.5 Å². The first kappa shape index (κ1) is 20.1. The minimum absolute atomic E-state index is 0.293. The van der Waals surface area contributed by atoms with E-state index >= 15 is 0 Å². The molecule has 3 heteroatoms. The summed E-state index contributed by atoms with van der Waals surface area (Å²) >= 11 is 0. The van der Waals surface area contributed by atoms with E-state index in [0.29, 0.717) is 13.2 Å². The number of hydrogen-bond donors (Lipinski definition) is 1. The van der Waals surface area contributed by atoms with Gasteiger partial charge >= 0.3 is 0 Å². The van der Waals surface area contributed by atoms with Crippen LogP contribution in [0.5, 0.6) is 5.75 Å². The molecule has 0 saturated carbocycles. The molecule has 0 amide bonds. The molecule has 0 aliphatic heterocycles. The molecule has 0 aliphatic carbocycles. The summed E-state index contributed by atoms with van der Waals surface area (Å²) in [5.41, 5.74) is 3.65. The molecule has 0 saturated heterocycles. The number of benzene rings is 3. The predicted molar refractivity (Wildman–Crippen MR) is 115 cm³/mol. The van der Waals surface area contributed by atoms with Crippen molar-refractivity contribution in [2.45, 2.75) is 26.0 Å². The molecule has 3 rings (SSSR count). The zero-order valence-corrected chi connectivity index (χ0v) is 16.5. The SMILES string of the molecule is Cc1ccccc1OC[C@H](O)CN(CCc1ccccc1)Cc1ccccc1. The topological polar surface area (TPSA) is 32.7 Å². The molecule has 146 valence electrons. The highest BCUT2D eigenvalue weighted by Gasteiger charge is 2.14. The van der Waals surface area contributed by atoms with E-state index in [1.807, 2.05) is 43.3 Å². The molecule has 1 atom stereocenters. The van der Waals surface area contributed by atoms with Crippen molar-refractivity contribution < 1.29 is 9.84 Å². The summed E-state index contributed by atoms with van der Waals surface area (Å²) in [6.45, 7) is 4.59. The van der Waals surface area contributed by atoms with Gasteiger partial charge in [-0.3, -0.25) is 4.90 Å². The summed E-state index contributed by atoms with van der Waals surface area (Å²) in [4.78, 5) is 2.30. The highest BCUT2D eigenvalue weighted by Crippen LogP contribution is 2.16. The molecule has 0 spiro atoms. The summed E-state index contributed by atoms with van der Waals surface area (Å²) in [6, 6.07) is 28.8. The highest BCUT2D eigenvalue weighted by molar-refractivity contribution is 5.31. The van der Waals surface area contributed by atoms with E-state index < -0.39 is 6.10 Å². The predicted octanol–water partition coefficient (Wildman–Crippen LogP) is 4.48. The third kappa shape index (κ3) is 6.52. The Morgan fingerprint density at radius 1 is 0.821 bits per heavy atom. The van der Waals surface area contributed by atoms with Crippen LogP contribution in [0.15, 0.2) is 84.9 Å². The third-order valence-corrected chi connectivity index (χ3v) is 4.80. The molecular formula is C25H29NO2. The molecular weight excluding hydrogens is 346 g/mol. The van der Waals surface area contributed by atoms with Gasteiger partial charge in [0.2, 0.25) is 0 Å². The lowest BCUT2D eigenvalue weighted by Gasteiger charge is -2.25. The van der Waals surface area contributed by atoms with Crippen LogP contribution < -0.4 is 4.74 Å². The summed E-state index contributed by atoms with van der Waals surface area (Å²) in [6.07, 6.45) is 0.415. The van der Waals surface area contributed by atoms with Gasteiger partial charge in [0.25, 0.3) is 0 Å². The van der Waals surface area contributed by atoms with E-state index in [4.69, 9.17) is 4.74 Å². The first-order valence-electron chi connectivity index (χ1n) is 9.87. The van der Waals surface area contributed by atoms with Crippen LogP contribution in [0.4, 0.5) is 0 Å². The van der Waals surface area contributed by atoms with Crippen molar-refractivity contribution in [2.75, 3.05) is 19.7 Å². The van der Waals surface area contributed by atoms with Crippen LogP contribution in [0.2, 0.25) is 0 Å². The fourth-order valence-electron chi connectivity index (χ4n) is 3.26. The Balaban J connectivity index is 1.58. The first-order valence-corrected chi connectivity index (χ1v) is 9.87. The van der Waals surface area contributed by atoms with Gasteiger partial charge in [0.15, 0.2) is 0 Å². The van der Waals surface area contributed by atoms with Crippen molar-refractivity contribution >= 4 is 0 Å². The standard InChI is InChI=1S/C25H29NO2/c1-21-10-8-9-15-25(21)28-20-24(27)19-26(18-23-13-6-3-7-14-23)17-16-22-11-4-2-5-12-22/h2-15,24,27H,16-20H2,1H3/t24-/m1/s1. The zero-order valence-electron chi connectivity index (χ0n) is 16.5. The zero-order chi connectivity index (χ0) is 19.6. The van der Waals surface area contributed by atoms with Crippen LogP contribution in [-0.2, 0) is 13.0 Å². The lowest BCUT2D eigenvalue weighted by Crippen LogP contribution is -2.36. The molecule has 1 N–H and O–H groups in total. The van der Waals surface area contributed by atoms with Crippen molar-refractivity contribution in [3.8, 4) is 5.75 Å². The van der Waals surface area contributed by atoms with Gasteiger partial charge in [-0.1, -0.05) is 78.9 Å². The maximum Gasteiger partial charge on any atom is 0.122 e. The number of para-hydroxylation sites is 1. The van der Waals surface area contributed by atoms with Crippen molar-refractivity contribution in [2.24, 2.45) is 0 Å². The number of hydrogen-bond acceptors (Lipinski definition) is 3. The molecule has 28 heavy (non-hydrogen) atoms. The molecule has 0 unspecified atom stereocenters. The van der Waals surface area contributed by atoms with Crippen LogP contribution in [-0.4, -0.2) is 35.8 Å². The fraction of sp³-hybridized carbons (Fsp3) is 0.280. The quantitative estimate of drug-likeness (QED) is 0.567. The van der Waals surface area contributed by atoms with E-state index in [1.54, 1.807) is 0 Å². The third-order valence-electron chi connectivity index (χ3n) is 4.80. The monoisotopic (exact) mass is 375 g/mol. The Labute approximate surface area is 168 Å². The Morgan fingerprint density at radius 3 is 2.11 bits per heavy atom. The molecule has 0 bridgehead atoms. The molecule has 3 aromatic rings. The van der Waals surface area contributed by atoms with Crippen LogP contribution in [0, 0.1) is 6.92 Å². The number of aliphatic hydroxyl groups excluding tert-OH is 1. The maximum absolute atomic E-state index is 10.6.